The first-order valence-corrected chi connectivity index (χ1v) is 7.91. The van der Waals surface area contributed by atoms with E-state index in [4.69, 9.17) is 0 Å². The Morgan fingerprint density at radius 1 is 1.00 bits per heavy atom. The average Bonchev–Trinajstić information content (AvgIpc) is 2.83. The van der Waals surface area contributed by atoms with Gasteiger partial charge < -0.3 is 15.1 Å². The molecule has 0 aromatic carbocycles. The number of hydrogen-bond donors (Lipinski definition) is 1. The number of carbonyl (C=O) groups is 1. The Kier molecular flexibility index (Phi) is 5.09. The SMILES string of the molecule is Cc1nc(C)c(C(=O)NCc2nc(N(C)C)nc(N(C)C)n2)s1. The van der Waals surface area contributed by atoms with Gasteiger partial charge >= 0.3 is 0 Å². The minimum atomic E-state index is -0.161. The summed E-state index contributed by atoms with van der Waals surface area (Å²) in [7, 11) is 7.45. The molecule has 2 heterocycles. The molecule has 0 aliphatic rings. The number of nitrogens with one attached hydrogen (secondary N) is 1. The average molecular weight is 335 g/mol. The van der Waals surface area contributed by atoms with E-state index in [1.807, 2.05) is 42.0 Å². The number of aryl methyl sites for hydroxylation is 2. The number of carbonyl (C=O) groups excluding carboxylic acids is 1. The molecular weight excluding hydrogens is 314 g/mol. The third-order valence-electron chi connectivity index (χ3n) is 2.97. The van der Waals surface area contributed by atoms with Crippen LogP contribution in [0.3, 0.4) is 0 Å². The number of anilines is 2. The maximum absolute atomic E-state index is 12.3. The van der Waals surface area contributed by atoms with Gasteiger partial charge in [0.05, 0.1) is 17.2 Å². The summed E-state index contributed by atoms with van der Waals surface area (Å²) in [6.45, 7) is 3.95. The highest BCUT2D eigenvalue weighted by molar-refractivity contribution is 7.13. The third-order valence-corrected chi connectivity index (χ3v) is 4.05. The molecule has 0 aliphatic carbocycles. The third kappa shape index (κ3) is 4.13. The van der Waals surface area contributed by atoms with Crippen LogP contribution >= 0.6 is 11.3 Å². The number of amides is 1. The van der Waals surface area contributed by atoms with Gasteiger partial charge in [0.25, 0.3) is 5.91 Å². The molecule has 0 spiro atoms. The normalized spacial score (nSPS) is 10.5. The Bertz CT molecular complexity index is 685. The van der Waals surface area contributed by atoms with Gasteiger partial charge in [-0.1, -0.05) is 0 Å². The molecule has 124 valence electrons. The fourth-order valence-corrected chi connectivity index (χ4v) is 2.69. The highest BCUT2D eigenvalue weighted by Gasteiger charge is 2.15. The van der Waals surface area contributed by atoms with Crippen LogP contribution in [0.1, 0.15) is 26.2 Å². The summed E-state index contributed by atoms with van der Waals surface area (Å²) >= 11 is 1.38. The van der Waals surface area contributed by atoms with E-state index in [1.54, 1.807) is 9.80 Å². The van der Waals surface area contributed by atoms with Crippen LogP contribution < -0.4 is 15.1 Å². The monoisotopic (exact) mass is 335 g/mol. The smallest absolute Gasteiger partial charge is 0.263 e. The summed E-state index contributed by atoms with van der Waals surface area (Å²) in [4.78, 5) is 33.8. The van der Waals surface area contributed by atoms with E-state index in [1.165, 1.54) is 11.3 Å². The Balaban J connectivity index is 2.16. The van der Waals surface area contributed by atoms with E-state index < -0.39 is 0 Å². The van der Waals surface area contributed by atoms with Crippen LogP contribution in [-0.2, 0) is 6.54 Å². The fraction of sp³-hybridized carbons (Fsp3) is 0.500. The number of rotatable bonds is 5. The number of nitrogens with zero attached hydrogens (tertiary/aromatic N) is 6. The van der Waals surface area contributed by atoms with Crippen molar-refractivity contribution in [2.75, 3.05) is 38.0 Å². The van der Waals surface area contributed by atoms with Crippen molar-refractivity contribution in [1.82, 2.24) is 25.3 Å². The Hall–Kier alpha value is -2.29. The Morgan fingerprint density at radius 3 is 2.00 bits per heavy atom. The van der Waals surface area contributed by atoms with Gasteiger partial charge in [0.2, 0.25) is 11.9 Å². The van der Waals surface area contributed by atoms with Gasteiger partial charge in [0, 0.05) is 28.2 Å². The van der Waals surface area contributed by atoms with E-state index in [2.05, 4.69) is 25.3 Å². The predicted octanol–water partition coefficient (Wildman–Crippen LogP) is 1.01. The van der Waals surface area contributed by atoms with Gasteiger partial charge in [-0.15, -0.1) is 11.3 Å². The van der Waals surface area contributed by atoms with E-state index in [-0.39, 0.29) is 12.5 Å². The topological polar surface area (TPSA) is 87.1 Å². The molecule has 1 N–H and O–H groups in total. The Labute approximate surface area is 139 Å². The van der Waals surface area contributed by atoms with Crippen molar-refractivity contribution in [3.05, 3.63) is 21.4 Å². The molecule has 9 heteroatoms. The molecule has 23 heavy (non-hydrogen) atoms. The van der Waals surface area contributed by atoms with Gasteiger partial charge in [-0.3, -0.25) is 4.79 Å². The van der Waals surface area contributed by atoms with Crippen LogP contribution in [0.5, 0.6) is 0 Å². The van der Waals surface area contributed by atoms with Crippen molar-refractivity contribution < 1.29 is 4.79 Å². The van der Waals surface area contributed by atoms with Crippen LogP contribution in [0, 0.1) is 13.8 Å². The molecule has 0 aliphatic heterocycles. The van der Waals surface area contributed by atoms with Gasteiger partial charge in [-0.05, 0) is 13.8 Å². The van der Waals surface area contributed by atoms with Crippen LogP contribution in [0.25, 0.3) is 0 Å². The highest BCUT2D eigenvalue weighted by Crippen LogP contribution is 2.17. The molecular formula is C14H21N7OS. The lowest BCUT2D eigenvalue weighted by Gasteiger charge is -2.16. The zero-order valence-corrected chi connectivity index (χ0v) is 15.0. The first-order valence-electron chi connectivity index (χ1n) is 7.09. The van der Waals surface area contributed by atoms with Gasteiger partial charge in [-0.2, -0.15) is 15.0 Å². The minimum absolute atomic E-state index is 0.161. The van der Waals surface area contributed by atoms with Crippen LogP contribution in [-0.4, -0.2) is 54.0 Å². The molecule has 0 bridgehead atoms. The zero-order valence-electron chi connectivity index (χ0n) is 14.2. The van der Waals surface area contributed by atoms with Crippen molar-refractivity contribution in [2.24, 2.45) is 0 Å². The van der Waals surface area contributed by atoms with E-state index in [0.717, 1.165) is 10.7 Å². The molecule has 0 unspecified atom stereocenters. The highest BCUT2D eigenvalue weighted by atomic mass is 32.1. The lowest BCUT2D eigenvalue weighted by Crippen LogP contribution is -2.26. The molecule has 2 aromatic heterocycles. The minimum Gasteiger partial charge on any atom is -0.347 e. The first kappa shape index (κ1) is 17.1. The summed E-state index contributed by atoms with van der Waals surface area (Å²) in [5, 5.41) is 3.72. The number of hydrogen-bond acceptors (Lipinski definition) is 8. The molecule has 0 fully saturated rings. The van der Waals surface area contributed by atoms with E-state index in [0.29, 0.717) is 22.6 Å². The second-order valence-corrected chi connectivity index (χ2v) is 6.67. The van der Waals surface area contributed by atoms with Crippen LogP contribution in [0.2, 0.25) is 0 Å². The second-order valence-electron chi connectivity index (χ2n) is 5.47. The molecule has 0 atom stereocenters. The largest absolute Gasteiger partial charge is 0.347 e. The maximum atomic E-state index is 12.3. The maximum Gasteiger partial charge on any atom is 0.263 e. The summed E-state index contributed by atoms with van der Waals surface area (Å²) < 4.78 is 0. The number of thiazole rings is 1. The van der Waals surface area contributed by atoms with Crippen LogP contribution in [0.15, 0.2) is 0 Å². The fourth-order valence-electron chi connectivity index (χ4n) is 1.86. The van der Waals surface area contributed by atoms with Gasteiger partial charge in [0.1, 0.15) is 4.88 Å². The van der Waals surface area contributed by atoms with Crippen molar-refractivity contribution in [3.8, 4) is 0 Å². The lowest BCUT2D eigenvalue weighted by molar-refractivity contribution is 0.0953. The zero-order chi connectivity index (χ0) is 17.1. The standard InChI is InChI=1S/C14H21N7OS/c1-8-11(23-9(2)16-8)12(22)15-7-10-17-13(20(3)4)19-14(18-10)21(5)6/h7H2,1-6H3,(H,15,22). The second kappa shape index (κ2) is 6.86. The number of aromatic nitrogens is 4. The lowest BCUT2D eigenvalue weighted by atomic mass is 10.3. The molecule has 0 saturated carbocycles. The summed E-state index contributed by atoms with van der Waals surface area (Å²) in [6, 6.07) is 0. The van der Waals surface area contributed by atoms with E-state index in [9.17, 15) is 4.79 Å². The van der Waals surface area contributed by atoms with Crippen molar-refractivity contribution in [3.63, 3.8) is 0 Å². The summed E-state index contributed by atoms with van der Waals surface area (Å²) in [5.41, 5.74) is 0.739. The van der Waals surface area contributed by atoms with E-state index >= 15 is 0 Å². The molecule has 8 nitrogen and oxygen atoms in total. The van der Waals surface area contributed by atoms with Gasteiger partial charge in [0.15, 0.2) is 5.82 Å². The quantitative estimate of drug-likeness (QED) is 0.872. The molecule has 1 amide bonds. The summed E-state index contributed by atoms with van der Waals surface area (Å²) in [5.74, 6) is 1.46. The van der Waals surface area contributed by atoms with Crippen LogP contribution in [0.4, 0.5) is 11.9 Å². The first-order chi connectivity index (χ1) is 10.8. The van der Waals surface area contributed by atoms with Crippen molar-refractivity contribution >= 4 is 29.1 Å². The Morgan fingerprint density at radius 2 is 1.57 bits per heavy atom. The van der Waals surface area contributed by atoms with Gasteiger partial charge in [-0.25, -0.2) is 4.98 Å². The molecule has 2 rings (SSSR count). The molecule has 0 radical (unpaired) electrons. The van der Waals surface area contributed by atoms with Crippen molar-refractivity contribution in [1.29, 1.82) is 0 Å². The summed E-state index contributed by atoms with van der Waals surface area (Å²) in [6.07, 6.45) is 0. The predicted molar refractivity (Wildman–Crippen MR) is 91.2 cm³/mol. The van der Waals surface area contributed by atoms with Crippen molar-refractivity contribution in [2.45, 2.75) is 20.4 Å². The molecule has 2 aromatic rings. The molecule has 0 saturated heterocycles.